The second-order valence-corrected chi connectivity index (χ2v) is 6.87. The minimum absolute atomic E-state index is 0.0888. The summed E-state index contributed by atoms with van der Waals surface area (Å²) in [4.78, 5) is 39.0. The highest BCUT2D eigenvalue weighted by Crippen LogP contribution is 2.18. The lowest BCUT2D eigenvalue weighted by atomic mass is 10.1. The van der Waals surface area contributed by atoms with Crippen molar-refractivity contribution in [3.05, 3.63) is 104 Å². The number of nitrogens with one attached hydrogen (secondary N) is 2. The fourth-order valence-corrected chi connectivity index (χ4v) is 3.25. The first-order valence-corrected chi connectivity index (χ1v) is 9.20. The zero-order valence-electron chi connectivity index (χ0n) is 16.0. The molecule has 4 rings (SSSR count). The van der Waals surface area contributed by atoms with E-state index < -0.39 is 28.8 Å². The van der Waals surface area contributed by atoms with E-state index in [0.29, 0.717) is 16.9 Å². The van der Waals surface area contributed by atoms with Crippen molar-refractivity contribution in [3.8, 4) is 0 Å². The monoisotopic (exact) mass is 422 g/mol. The number of halogens is 2. The first kappa shape index (κ1) is 20.0. The standard InChI is InChI=1S/C22H16F2N4O3/c23-16-9-4-12(10-15(16)20(29)26-14-7-5-13(25)6-8-14)11-28-18-3-1-2-17(24)19(18)21(30)27-22(28)31/h1-10H,11,25H2,(H,26,29)(H,27,30,31). The molecule has 4 aromatic rings. The minimum atomic E-state index is -0.836. The molecule has 1 heterocycles. The molecule has 0 aliphatic carbocycles. The second-order valence-electron chi connectivity index (χ2n) is 6.87. The predicted octanol–water partition coefficient (Wildman–Crippen LogP) is 2.85. The van der Waals surface area contributed by atoms with Gasteiger partial charge in [-0.2, -0.15) is 0 Å². The van der Waals surface area contributed by atoms with Gasteiger partial charge in [0.05, 0.1) is 23.0 Å². The van der Waals surface area contributed by atoms with Crippen LogP contribution in [0.4, 0.5) is 20.2 Å². The molecule has 0 saturated carbocycles. The molecule has 0 saturated heterocycles. The third-order valence-electron chi connectivity index (χ3n) is 4.76. The number of aromatic nitrogens is 2. The lowest BCUT2D eigenvalue weighted by Gasteiger charge is -2.12. The number of hydrogen-bond donors (Lipinski definition) is 3. The highest BCUT2D eigenvalue weighted by atomic mass is 19.1. The van der Waals surface area contributed by atoms with Crippen LogP contribution in [0.2, 0.25) is 0 Å². The molecule has 7 nitrogen and oxygen atoms in total. The summed E-state index contributed by atoms with van der Waals surface area (Å²) in [6.07, 6.45) is 0. The van der Waals surface area contributed by atoms with Gasteiger partial charge in [0.2, 0.25) is 0 Å². The molecule has 0 bridgehead atoms. The van der Waals surface area contributed by atoms with Crippen molar-refractivity contribution in [2.24, 2.45) is 0 Å². The molecule has 1 aromatic heterocycles. The van der Waals surface area contributed by atoms with Crippen LogP contribution in [-0.4, -0.2) is 15.5 Å². The number of anilines is 2. The van der Waals surface area contributed by atoms with Crippen LogP contribution >= 0.6 is 0 Å². The quantitative estimate of drug-likeness (QED) is 0.439. The van der Waals surface area contributed by atoms with Crippen LogP contribution in [0.1, 0.15) is 15.9 Å². The van der Waals surface area contributed by atoms with Crippen LogP contribution in [0.3, 0.4) is 0 Å². The van der Waals surface area contributed by atoms with Crippen LogP contribution in [0.25, 0.3) is 10.9 Å². The number of nitrogen functional groups attached to an aromatic ring is 1. The zero-order chi connectivity index (χ0) is 22.1. The lowest BCUT2D eigenvalue weighted by Crippen LogP contribution is -2.31. The maximum absolute atomic E-state index is 14.3. The Kier molecular flexibility index (Phi) is 5.08. The van der Waals surface area contributed by atoms with E-state index in [-0.39, 0.29) is 23.0 Å². The third kappa shape index (κ3) is 3.93. The SMILES string of the molecule is Nc1ccc(NC(=O)c2cc(Cn3c(=O)[nH]c(=O)c4c(F)cccc43)ccc2F)cc1. The second kappa shape index (κ2) is 7.86. The van der Waals surface area contributed by atoms with E-state index in [1.54, 1.807) is 24.3 Å². The van der Waals surface area contributed by atoms with E-state index in [1.807, 2.05) is 0 Å². The Labute approximate surface area is 173 Å². The molecule has 9 heteroatoms. The molecule has 0 radical (unpaired) electrons. The van der Waals surface area contributed by atoms with E-state index in [0.717, 1.165) is 16.7 Å². The van der Waals surface area contributed by atoms with E-state index in [1.165, 1.54) is 24.3 Å². The molecular formula is C22H16F2N4O3. The Balaban J connectivity index is 1.71. The van der Waals surface area contributed by atoms with Gasteiger partial charge in [0.15, 0.2) is 0 Å². The van der Waals surface area contributed by atoms with Gasteiger partial charge in [-0.25, -0.2) is 13.6 Å². The Bertz CT molecular complexity index is 1430. The molecule has 1 amide bonds. The van der Waals surface area contributed by atoms with Crippen LogP contribution in [0.15, 0.2) is 70.3 Å². The van der Waals surface area contributed by atoms with E-state index in [4.69, 9.17) is 5.73 Å². The highest BCUT2D eigenvalue weighted by molar-refractivity contribution is 6.04. The molecule has 0 atom stereocenters. The molecule has 0 aliphatic heterocycles. The summed E-state index contributed by atoms with van der Waals surface area (Å²) in [6.45, 7) is -0.113. The van der Waals surface area contributed by atoms with Gasteiger partial charge in [0, 0.05) is 11.4 Å². The average Bonchev–Trinajstić information content (AvgIpc) is 2.73. The number of carbonyl (C=O) groups is 1. The number of nitrogens with two attached hydrogens (primary N) is 1. The van der Waals surface area contributed by atoms with E-state index in [9.17, 15) is 23.2 Å². The number of rotatable bonds is 4. The fraction of sp³-hybridized carbons (Fsp3) is 0.0455. The van der Waals surface area contributed by atoms with Crippen LogP contribution in [-0.2, 0) is 6.54 Å². The van der Waals surface area contributed by atoms with Gasteiger partial charge in [-0.15, -0.1) is 0 Å². The van der Waals surface area contributed by atoms with E-state index in [2.05, 4.69) is 10.3 Å². The fourth-order valence-electron chi connectivity index (χ4n) is 3.25. The highest BCUT2D eigenvalue weighted by Gasteiger charge is 2.15. The predicted molar refractivity (Wildman–Crippen MR) is 113 cm³/mol. The number of fused-ring (bicyclic) bond motifs is 1. The number of aromatic amines is 1. The Hall–Kier alpha value is -4.27. The summed E-state index contributed by atoms with van der Waals surface area (Å²) in [6, 6.07) is 14.1. The molecular weight excluding hydrogens is 406 g/mol. The normalized spacial score (nSPS) is 10.9. The average molecular weight is 422 g/mol. The molecule has 0 fully saturated rings. The largest absolute Gasteiger partial charge is 0.399 e. The summed E-state index contributed by atoms with van der Waals surface area (Å²) in [5, 5.41) is 2.31. The van der Waals surface area contributed by atoms with Crippen molar-refractivity contribution in [2.45, 2.75) is 6.54 Å². The van der Waals surface area contributed by atoms with Gasteiger partial charge in [0.25, 0.3) is 11.5 Å². The lowest BCUT2D eigenvalue weighted by molar-refractivity contribution is 0.102. The van der Waals surface area contributed by atoms with Gasteiger partial charge in [-0.05, 0) is 54.1 Å². The van der Waals surface area contributed by atoms with Crippen LogP contribution < -0.4 is 22.3 Å². The molecule has 0 unspecified atom stereocenters. The zero-order valence-corrected chi connectivity index (χ0v) is 16.0. The van der Waals surface area contributed by atoms with Gasteiger partial charge < -0.3 is 11.1 Å². The topological polar surface area (TPSA) is 110 Å². The first-order chi connectivity index (χ1) is 14.8. The number of nitrogens with zero attached hydrogens (tertiary/aromatic N) is 1. The number of H-pyrrole nitrogens is 1. The third-order valence-corrected chi connectivity index (χ3v) is 4.76. The molecule has 156 valence electrons. The van der Waals surface area contributed by atoms with Crippen molar-refractivity contribution in [3.63, 3.8) is 0 Å². The van der Waals surface area contributed by atoms with Gasteiger partial charge in [-0.1, -0.05) is 12.1 Å². The summed E-state index contributed by atoms with van der Waals surface area (Å²) in [5.41, 5.74) is 5.23. The summed E-state index contributed by atoms with van der Waals surface area (Å²) < 4.78 is 29.6. The molecule has 4 N–H and O–H groups in total. The molecule has 0 aliphatic rings. The van der Waals surface area contributed by atoms with Crippen molar-refractivity contribution < 1.29 is 13.6 Å². The van der Waals surface area contributed by atoms with Gasteiger partial charge in [-0.3, -0.25) is 19.1 Å². The van der Waals surface area contributed by atoms with Crippen molar-refractivity contribution in [1.82, 2.24) is 9.55 Å². The van der Waals surface area contributed by atoms with Gasteiger partial charge in [0.1, 0.15) is 11.6 Å². The molecule has 3 aromatic carbocycles. The number of amides is 1. The molecule has 31 heavy (non-hydrogen) atoms. The summed E-state index contributed by atoms with van der Waals surface area (Å²) in [7, 11) is 0. The van der Waals surface area contributed by atoms with Crippen molar-refractivity contribution in [2.75, 3.05) is 11.1 Å². The van der Waals surface area contributed by atoms with Crippen LogP contribution in [0, 0.1) is 11.6 Å². The van der Waals surface area contributed by atoms with E-state index >= 15 is 0 Å². The first-order valence-electron chi connectivity index (χ1n) is 9.20. The van der Waals surface area contributed by atoms with Crippen LogP contribution in [0.5, 0.6) is 0 Å². The van der Waals surface area contributed by atoms with Crippen molar-refractivity contribution in [1.29, 1.82) is 0 Å². The Morgan fingerprint density at radius 3 is 2.48 bits per heavy atom. The number of benzene rings is 3. The Morgan fingerprint density at radius 2 is 1.74 bits per heavy atom. The number of hydrogen-bond acceptors (Lipinski definition) is 4. The minimum Gasteiger partial charge on any atom is -0.399 e. The summed E-state index contributed by atoms with van der Waals surface area (Å²) in [5.74, 6) is -2.20. The maximum Gasteiger partial charge on any atom is 0.329 e. The number of carbonyl (C=O) groups excluding carboxylic acids is 1. The summed E-state index contributed by atoms with van der Waals surface area (Å²) >= 11 is 0. The smallest absolute Gasteiger partial charge is 0.329 e. The maximum atomic E-state index is 14.3. The molecule has 0 spiro atoms. The Morgan fingerprint density at radius 1 is 1.00 bits per heavy atom. The van der Waals surface area contributed by atoms with Gasteiger partial charge >= 0.3 is 5.69 Å². The van der Waals surface area contributed by atoms with Crippen molar-refractivity contribution >= 4 is 28.2 Å².